The molecule has 0 spiro atoms. The van der Waals surface area contributed by atoms with E-state index in [1.165, 1.54) is 29.2 Å². The number of allylic oxidation sites excluding steroid dienone is 1. The van der Waals surface area contributed by atoms with Gasteiger partial charge in [-0.3, -0.25) is 14.2 Å². The van der Waals surface area contributed by atoms with Crippen molar-refractivity contribution in [3.05, 3.63) is 113 Å². The van der Waals surface area contributed by atoms with E-state index in [0.717, 1.165) is 17.2 Å². The van der Waals surface area contributed by atoms with Gasteiger partial charge in [0.25, 0.3) is 11.1 Å². The summed E-state index contributed by atoms with van der Waals surface area (Å²) >= 11 is 2.39. The number of rotatable bonds is 9. The minimum atomic E-state index is -0.836. The zero-order valence-corrected chi connectivity index (χ0v) is 26.7. The number of furan rings is 1. The predicted molar refractivity (Wildman–Crippen MR) is 173 cm³/mol. The first-order valence-electron chi connectivity index (χ1n) is 14.4. The molecular weight excluding hydrogens is 613 g/mol. The largest absolute Gasteiger partial charge is 0.496 e. The van der Waals surface area contributed by atoms with Crippen molar-refractivity contribution in [1.29, 1.82) is 0 Å². The summed E-state index contributed by atoms with van der Waals surface area (Å²) < 4.78 is 19.3. The van der Waals surface area contributed by atoms with Crippen LogP contribution in [0.4, 0.5) is 0 Å². The molecule has 12 heteroatoms. The van der Waals surface area contributed by atoms with E-state index >= 15 is 0 Å². The van der Waals surface area contributed by atoms with Crippen molar-refractivity contribution in [3.8, 4) is 5.75 Å². The van der Waals surface area contributed by atoms with Gasteiger partial charge in [0.1, 0.15) is 17.6 Å². The normalized spacial score (nSPS) is 14.8. The Bertz CT molecular complexity index is 2210. The zero-order chi connectivity index (χ0) is 31.7. The summed E-state index contributed by atoms with van der Waals surface area (Å²) in [6.45, 7) is 5.69. The number of thiazole rings is 1. The van der Waals surface area contributed by atoms with Crippen molar-refractivity contribution in [2.75, 3.05) is 13.7 Å². The van der Waals surface area contributed by atoms with E-state index in [2.05, 4.69) is 9.97 Å². The Labute approximate surface area is 265 Å². The second-order valence-electron chi connectivity index (χ2n) is 10.3. The van der Waals surface area contributed by atoms with Gasteiger partial charge in [0, 0.05) is 23.4 Å². The van der Waals surface area contributed by atoms with E-state index in [9.17, 15) is 14.4 Å². The molecule has 1 aliphatic heterocycles. The number of carbonyl (C=O) groups excluding carboxylic acids is 1. The first-order valence-corrected chi connectivity index (χ1v) is 16.1. The van der Waals surface area contributed by atoms with Crippen molar-refractivity contribution >= 4 is 45.9 Å². The van der Waals surface area contributed by atoms with E-state index in [1.54, 1.807) is 43.7 Å². The summed E-state index contributed by atoms with van der Waals surface area (Å²) in [5.74, 6) is 0.466. The molecule has 4 heterocycles. The number of methoxy groups -OCH3 is 1. The van der Waals surface area contributed by atoms with Gasteiger partial charge in [0.05, 0.1) is 29.5 Å². The van der Waals surface area contributed by atoms with Crippen molar-refractivity contribution in [2.24, 2.45) is 4.99 Å². The van der Waals surface area contributed by atoms with Crippen molar-refractivity contribution < 1.29 is 18.7 Å². The molecule has 0 fully saturated rings. The van der Waals surface area contributed by atoms with Crippen LogP contribution in [0.1, 0.15) is 49.7 Å². The molecule has 230 valence electrons. The molecule has 0 amide bonds. The van der Waals surface area contributed by atoms with E-state index in [0.29, 0.717) is 60.0 Å². The van der Waals surface area contributed by atoms with Gasteiger partial charge in [-0.15, -0.1) is 0 Å². The van der Waals surface area contributed by atoms with Gasteiger partial charge in [-0.2, -0.15) is 0 Å². The summed E-state index contributed by atoms with van der Waals surface area (Å²) in [6.07, 6.45) is 2.92. The molecule has 3 aromatic heterocycles. The van der Waals surface area contributed by atoms with Crippen molar-refractivity contribution in [3.63, 3.8) is 0 Å². The van der Waals surface area contributed by atoms with Gasteiger partial charge in [-0.25, -0.2) is 14.8 Å². The molecule has 0 saturated heterocycles. The second kappa shape index (κ2) is 12.7. The number of carbonyl (C=O) groups is 1. The molecule has 5 aromatic rings. The molecule has 0 aliphatic carbocycles. The number of benzene rings is 2. The van der Waals surface area contributed by atoms with Crippen LogP contribution in [0.15, 0.2) is 95.1 Å². The molecule has 6 rings (SSSR count). The Morgan fingerprint density at radius 2 is 1.98 bits per heavy atom. The predicted octanol–water partition coefficient (Wildman–Crippen LogP) is 4.88. The van der Waals surface area contributed by atoms with Crippen LogP contribution < -0.4 is 25.2 Å². The fourth-order valence-electron chi connectivity index (χ4n) is 5.42. The molecule has 45 heavy (non-hydrogen) atoms. The van der Waals surface area contributed by atoms with Crippen molar-refractivity contribution in [1.82, 2.24) is 14.5 Å². The van der Waals surface area contributed by atoms with Crippen LogP contribution >= 0.6 is 23.1 Å². The quantitative estimate of drug-likeness (QED) is 0.178. The Morgan fingerprint density at radius 3 is 2.73 bits per heavy atom. The molecule has 0 radical (unpaired) electrons. The van der Waals surface area contributed by atoms with Gasteiger partial charge in [0.2, 0.25) is 0 Å². The Hall–Kier alpha value is -4.68. The fraction of sp³-hybridized carbons (Fsp3) is 0.242. The smallest absolute Gasteiger partial charge is 0.338 e. The second-order valence-corrected chi connectivity index (χ2v) is 12.3. The standard InChI is InChI=1S/C33H30N4O6S2/c1-5-9-22-28(31(40)42-6-2)29(27-21-11-8-7-10-19(21)12-14-23(27)41-4)37-30(39)24(44-33(37)35-22)17-20-13-15-26(43-20)45-32-34-18(3)16-25(38)36-32/h7-8,10-17,29H,5-6,9H2,1-4H3,(H,34,36,38)/b24-17+/t29-/m0/s1. The number of aromatic nitrogens is 3. The number of H-pyrrole nitrogens is 1. The average molecular weight is 643 g/mol. The maximum Gasteiger partial charge on any atom is 0.338 e. The highest BCUT2D eigenvalue weighted by atomic mass is 32.2. The summed E-state index contributed by atoms with van der Waals surface area (Å²) in [6, 6.07) is 15.7. The van der Waals surface area contributed by atoms with E-state index < -0.39 is 12.0 Å². The topological polar surface area (TPSA) is 129 Å². The number of fused-ring (bicyclic) bond motifs is 2. The number of ether oxygens (including phenoxy) is 2. The lowest BCUT2D eigenvalue weighted by molar-refractivity contribution is -0.139. The molecule has 1 atom stereocenters. The first-order chi connectivity index (χ1) is 21.8. The highest BCUT2D eigenvalue weighted by Gasteiger charge is 2.37. The number of hydrogen-bond acceptors (Lipinski definition) is 10. The molecule has 10 nitrogen and oxygen atoms in total. The number of nitrogens with one attached hydrogen (secondary N) is 1. The van der Waals surface area contributed by atoms with Gasteiger partial charge in [-0.05, 0) is 61.0 Å². The highest BCUT2D eigenvalue weighted by molar-refractivity contribution is 7.99. The lowest BCUT2D eigenvalue weighted by Crippen LogP contribution is -2.40. The van der Waals surface area contributed by atoms with Gasteiger partial charge in [-0.1, -0.05) is 55.0 Å². The molecule has 0 saturated carbocycles. The Balaban J connectivity index is 1.54. The monoisotopic (exact) mass is 642 g/mol. The fourth-order valence-corrected chi connectivity index (χ4v) is 7.23. The first kappa shape index (κ1) is 30.4. The SMILES string of the molecule is CCCC1=C(C(=O)OCC)[C@H](c2c(OC)ccc3ccccc23)n2c(s/c(=C/c3ccc(Sc4nc(C)cc(=O)[nH]4)o3)c2=O)=N1. The Kier molecular flexibility index (Phi) is 8.59. The van der Waals surface area contributed by atoms with Crippen LogP contribution in [0.2, 0.25) is 0 Å². The van der Waals surface area contributed by atoms with Crippen LogP contribution in [-0.2, 0) is 9.53 Å². The molecule has 0 bridgehead atoms. The molecule has 1 aliphatic rings. The van der Waals surface area contributed by atoms with Gasteiger partial charge < -0.3 is 18.9 Å². The van der Waals surface area contributed by atoms with Crippen molar-refractivity contribution in [2.45, 2.75) is 49.9 Å². The van der Waals surface area contributed by atoms with Crippen LogP contribution in [-0.4, -0.2) is 34.2 Å². The Morgan fingerprint density at radius 1 is 1.16 bits per heavy atom. The summed E-state index contributed by atoms with van der Waals surface area (Å²) in [5, 5.41) is 2.69. The summed E-state index contributed by atoms with van der Waals surface area (Å²) in [5.41, 5.74) is 1.61. The number of hydrogen-bond donors (Lipinski definition) is 1. The summed E-state index contributed by atoms with van der Waals surface area (Å²) in [7, 11) is 1.58. The van der Waals surface area contributed by atoms with E-state index in [1.807, 2.05) is 43.3 Å². The molecular formula is C33H30N4O6S2. The molecule has 1 N–H and O–H groups in total. The maximum atomic E-state index is 14.3. The lowest BCUT2D eigenvalue weighted by atomic mass is 9.90. The number of aromatic amines is 1. The third kappa shape index (κ3) is 5.90. The minimum Gasteiger partial charge on any atom is -0.496 e. The van der Waals surface area contributed by atoms with E-state index in [4.69, 9.17) is 18.9 Å². The number of nitrogens with zero attached hydrogens (tertiary/aromatic N) is 3. The molecule has 0 unspecified atom stereocenters. The molecule has 2 aromatic carbocycles. The van der Waals surface area contributed by atoms with Crippen LogP contribution in [0.5, 0.6) is 5.75 Å². The third-order valence-electron chi connectivity index (χ3n) is 7.24. The van der Waals surface area contributed by atoms with Crippen LogP contribution in [0.3, 0.4) is 0 Å². The van der Waals surface area contributed by atoms with Crippen LogP contribution in [0.25, 0.3) is 16.8 Å². The minimum absolute atomic E-state index is 0.177. The zero-order valence-electron chi connectivity index (χ0n) is 25.1. The average Bonchev–Trinajstić information content (AvgIpc) is 3.58. The third-order valence-corrected chi connectivity index (χ3v) is 9.03. The lowest BCUT2D eigenvalue weighted by Gasteiger charge is -2.28. The maximum absolute atomic E-state index is 14.3. The highest BCUT2D eigenvalue weighted by Crippen LogP contribution is 2.41. The van der Waals surface area contributed by atoms with E-state index in [-0.39, 0.29) is 17.7 Å². The number of esters is 1. The summed E-state index contributed by atoms with van der Waals surface area (Å²) in [4.78, 5) is 52.1. The van der Waals surface area contributed by atoms with Gasteiger partial charge in [0.15, 0.2) is 15.1 Å². The van der Waals surface area contributed by atoms with Crippen LogP contribution in [0, 0.1) is 6.92 Å². The van der Waals surface area contributed by atoms with Gasteiger partial charge >= 0.3 is 5.97 Å². The number of aryl methyl sites for hydroxylation is 1.